The summed E-state index contributed by atoms with van der Waals surface area (Å²) in [4.78, 5) is 0. The van der Waals surface area contributed by atoms with E-state index in [2.05, 4.69) is 61.6 Å². The van der Waals surface area contributed by atoms with E-state index in [1.165, 1.54) is 22.3 Å². The number of nitrogens with one attached hydrogen (secondary N) is 1. The molecule has 1 N–H and O–H groups in total. The first-order valence-electron chi connectivity index (χ1n) is 7.22. The molecule has 0 amide bonds. The summed E-state index contributed by atoms with van der Waals surface area (Å²) in [6.07, 6.45) is 0.267. The standard InChI is InChI=1S/C18H21NO/c1-13-8-14(2)10-16(9-13)18-12-19-11-17(20-18)15-6-4-3-5-7-15/h3-10,17-19H,11-12H2,1-2H3. The van der Waals surface area contributed by atoms with Gasteiger partial charge in [0.25, 0.3) is 0 Å². The monoisotopic (exact) mass is 267 g/mol. The van der Waals surface area contributed by atoms with E-state index in [4.69, 9.17) is 4.74 Å². The fourth-order valence-corrected chi connectivity index (χ4v) is 2.90. The van der Waals surface area contributed by atoms with Crippen molar-refractivity contribution >= 4 is 0 Å². The lowest BCUT2D eigenvalue weighted by Crippen LogP contribution is -2.36. The lowest BCUT2D eigenvalue weighted by Gasteiger charge is -2.31. The van der Waals surface area contributed by atoms with Crippen LogP contribution < -0.4 is 5.32 Å². The summed E-state index contributed by atoms with van der Waals surface area (Å²) in [6.45, 7) is 6.04. The van der Waals surface area contributed by atoms with E-state index in [1.807, 2.05) is 6.07 Å². The van der Waals surface area contributed by atoms with Gasteiger partial charge in [-0.2, -0.15) is 0 Å². The first-order valence-corrected chi connectivity index (χ1v) is 7.22. The second kappa shape index (κ2) is 5.78. The lowest BCUT2D eigenvalue weighted by atomic mass is 10.0. The van der Waals surface area contributed by atoms with Crippen LogP contribution in [0.25, 0.3) is 0 Å². The van der Waals surface area contributed by atoms with Gasteiger partial charge in [-0.3, -0.25) is 0 Å². The van der Waals surface area contributed by atoms with Gasteiger partial charge in [0.2, 0.25) is 0 Å². The minimum absolute atomic E-state index is 0.132. The molecule has 1 aliphatic heterocycles. The molecule has 1 heterocycles. The van der Waals surface area contributed by atoms with Gasteiger partial charge in [-0.1, -0.05) is 59.7 Å². The van der Waals surface area contributed by atoms with E-state index in [1.54, 1.807) is 0 Å². The normalized spacial score (nSPS) is 22.7. The smallest absolute Gasteiger partial charge is 0.0958 e. The first kappa shape index (κ1) is 13.3. The molecule has 0 spiro atoms. The Balaban J connectivity index is 1.81. The van der Waals surface area contributed by atoms with Crippen LogP contribution in [-0.2, 0) is 4.74 Å². The Hall–Kier alpha value is -1.64. The molecule has 0 bridgehead atoms. The third-order valence-corrected chi connectivity index (χ3v) is 3.78. The molecule has 20 heavy (non-hydrogen) atoms. The topological polar surface area (TPSA) is 21.3 Å². The highest BCUT2D eigenvalue weighted by Gasteiger charge is 2.24. The molecule has 1 saturated heterocycles. The second-order valence-corrected chi connectivity index (χ2v) is 5.60. The Morgan fingerprint density at radius 3 is 2.10 bits per heavy atom. The molecule has 2 heteroatoms. The molecule has 0 aromatic heterocycles. The molecule has 0 aliphatic carbocycles. The molecule has 2 aromatic rings. The zero-order valence-corrected chi connectivity index (χ0v) is 12.1. The van der Waals surface area contributed by atoms with Gasteiger partial charge in [0, 0.05) is 13.1 Å². The van der Waals surface area contributed by atoms with Gasteiger partial charge < -0.3 is 10.1 Å². The van der Waals surface area contributed by atoms with Gasteiger partial charge in [-0.05, 0) is 25.0 Å². The summed E-state index contributed by atoms with van der Waals surface area (Å²) < 4.78 is 6.31. The maximum Gasteiger partial charge on any atom is 0.0958 e. The number of ether oxygens (including phenoxy) is 1. The molecule has 104 valence electrons. The van der Waals surface area contributed by atoms with Crippen LogP contribution >= 0.6 is 0 Å². The SMILES string of the molecule is Cc1cc(C)cc(C2CNCC(c3ccccc3)O2)c1. The zero-order chi connectivity index (χ0) is 13.9. The van der Waals surface area contributed by atoms with Crippen molar-refractivity contribution in [2.24, 2.45) is 0 Å². The maximum atomic E-state index is 6.31. The van der Waals surface area contributed by atoms with E-state index in [9.17, 15) is 0 Å². The largest absolute Gasteiger partial charge is 0.363 e. The molecular weight excluding hydrogens is 246 g/mol. The van der Waals surface area contributed by atoms with Gasteiger partial charge in [0.05, 0.1) is 12.2 Å². The molecule has 3 rings (SSSR count). The van der Waals surface area contributed by atoms with Crippen molar-refractivity contribution in [2.45, 2.75) is 26.1 Å². The Labute approximate surface area is 120 Å². The van der Waals surface area contributed by atoms with E-state index in [0.29, 0.717) is 0 Å². The lowest BCUT2D eigenvalue weighted by molar-refractivity contribution is -0.0406. The van der Waals surface area contributed by atoms with Gasteiger partial charge >= 0.3 is 0 Å². The minimum Gasteiger partial charge on any atom is -0.363 e. The Bertz CT molecular complexity index is 559. The minimum atomic E-state index is 0.132. The van der Waals surface area contributed by atoms with Crippen LogP contribution in [0.4, 0.5) is 0 Å². The van der Waals surface area contributed by atoms with Crippen molar-refractivity contribution in [3.8, 4) is 0 Å². The van der Waals surface area contributed by atoms with Crippen molar-refractivity contribution in [3.05, 3.63) is 70.8 Å². The van der Waals surface area contributed by atoms with E-state index in [-0.39, 0.29) is 12.2 Å². The molecule has 1 aliphatic rings. The van der Waals surface area contributed by atoms with Crippen LogP contribution in [0.3, 0.4) is 0 Å². The average Bonchev–Trinajstić information content (AvgIpc) is 2.47. The van der Waals surface area contributed by atoms with Crippen LogP contribution in [-0.4, -0.2) is 13.1 Å². The highest BCUT2D eigenvalue weighted by atomic mass is 16.5. The molecular formula is C18H21NO. The second-order valence-electron chi connectivity index (χ2n) is 5.60. The Morgan fingerprint density at radius 1 is 0.850 bits per heavy atom. The van der Waals surface area contributed by atoms with E-state index < -0.39 is 0 Å². The van der Waals surface area contributed by atoms with Crippen molar-refractivity contribution in [2.75, 3.05) is 13.1 Å². The molecule has 2 nitrogen and oxygen atoms in total. The van der Waals surface area contributed by atoms with Crippen LogP contribution in [0.2, 0.25) is 0 Å². The third-order valence-electron chi connectivity index (χ3n) is 3.78. The summed E-state index contributed by atoms with van der Waals surface area (Å²) in [6, 6.07) is 17.1. The zero-order valence-electron chi connectivity index (χ0n) is 12.1. The number of rotatable bonds is 2. The van der Waals surface area contributed by atoms with Crippen LogP contribution in [0, 0.1) is 13.8 Å². The third kappa shape index (κ3) is 2.92. The molecule has 1 fully saturated rings. The number of morpholine rings is 1. The predicted molar refractivity (Wildman–Crippen MR) is 81.8 cm³/mol. The summed E-state index contributed by atoms with van der Waals surface area (Å²) in [5, 5.41) is 3.50. The predicted octanol–water partition coefficient (Wildman–Crippen LogP) is 3.71. The summed E-state index contributed by atoms with van der Waals surface area (Å²) in [5.74, 6) is 0. The summed E-state index contributed by atoms with van der Waals surface area (Å²) >= 11 is 0. The highest BCUT2D eigenvalue weighted by molar-refractivity contribution is 5.31. The van der Waals surface area contributed by atoms with Crippen molar-refractivity contribution in [1.29, 1.82) is 0 Å². The molecule has 2 unspecified atom stereocenters. The maximum absolute atomic E-state index is 6.31. The first-order chi connectivity index (χ1) is 9.72. The highest BCUT2D eigenvalue weighted by Crippen LogP contribution is 2.30. The van der Waals surface area contributed by atoms with Crippen molar-refractivity contribution in [3.63, 3.8) is 0 Å². The number of aryl methyl sites for hydroxylation is 2. The molecule has 0 saturated carbocycles. The van der Waals surface area contributed by atoms with Crippen LogP contribution in [0.15, 0.2) is 48.5 Å². The average molecular weight is 267 g/mol. The Kier molecular flexibility index (Phi) is 3.86. The van der Waals surface area contributed by atoms with Gasteiger partial charge in [0.15, 0.2) is 0 Å². The quantitative estimate of drug-likeness (QED) is 0.895. The van der Waals surface area contributed by atoms with Crippen molar-refractivity contribution in [1.82, 2.24) is 5.32 Å². The number of hydrogen-bond donors (Lipinski definition) is 1. The van der Waals surface area contributed by atoms with Crippen molar-refractivity contribution < 1.29 is 4.74 Å². The summed E-state index contributed by atoms with van der Waals surface area (Å²) in [7, 11) is 0. The summed E-state index contributed by atoms with van der Waals surface area (Å²) in [5.41, 5.74) is 5.11. The van der Waals surface area contributed by atoms with E-state index in [0.717, 1.165) is 13.1 Å². The molecule has 0 radical (unpaired) electrons. The fourth-order valence-electron chi connectivity index (χ4n) is 2.90. The van der Waals surface area contributed by atoms with Gasteiger partial charge in [-0.25, -0.2) is 0 Å². The van der Waals surface area contributed by atoms with E-state index >= 15 is 0 Å². The number of benzene rings is 2. The van der Waals surface area contributed by atoms with Crippen LogP contribution in [0.1, 0.15) is 34.5 Å². The fraction of sp³-hybridized carbons (Fsp3) is 0.333. The molecule has 2 atom stereocenters. The van der Waals surface area contributed by atoms with Gasteiger partial charge in [-0.15, -0.1) is 0 Å². The van der Waals surface area contributed by atoms with Crippen LogP contribution in [0.5, 0.6) is 0 Å². The Morgan fingerprint density at radius 2 is 1.45 bits per heavy atom. The van der Waals surface area contributed by atoms with Gasteiger partial charge in [0.1, 0.15) is 0 Å². The number of hydrogen-bond acceptors (Lipinski definition) is 2. The molecule has 2 aromatic carbocycles.